The van der Waals surface area contributed by atoms with Crippen molar-refractivity contribution in [3.63, 3.8) is 0 Å². The lowest BCUT2D eigenvalue weighted by Crippen LogP contribution is -2.37. The Bertz CT molecular complexity index is 966. The third-order valence-electron chi connectivity index (χ3n) is 4.85. The van der Waals surface area contributed by atoms with Crippen LogP contribution in [-0.4, -0.2) is 54.9 Å². The van der Waals surface area contributed by atoms with E-state index in [2.05, 4.69) is 20.5 Å². The molecule has 0 bridgehead atoms. The zero-order valence-electron chi connectivity index (χ0n) is 15.5. The molecule has 9 nitrogen and oxygen atoms in total. The number of carbonyl (C=O) groups excluding carboxylic acids is 2. The highest BCUT2D eigenvalue weighted by Gasteiger charge is 2.26. The third kappa shape index (κ3) is 3.64. The lowest BCUT2D eigenvalue weighted by molar-refractivity contribution is 0.0742. The Hall–Kier alpha value is -3.49. The Morgan fingerprint density at radius 3 is 2.82 bits per heavy atom. The molecule has 1 aromatic carbocycles. The second-order valence-electron chi connectivity index (χ2n) is 6.75. The van der Waals surface area contributed by atoms with Crippen LogP contribution in [-0.2, 0) is 13.1 Å². The molecule has 0 saturated carbocycles. The first-order valence-corrected chi connectivity index (χ1v) is 9.13. The van der Waals surface area contributed by atoms with Crippen LogP contribution in [0, 0.1) is 0 Å². The van der Waals surface area contributed by atoms with Gasteiger partial charge in [0.15, 0.2) is 5.69 Å². The van der Waals surface area contributed by atoms with E-state index in [0.717, 1.165) is 5.56 Å². The number of hydrogen-bond acceptors (Lipinski definition) is 5. The number of aromatic nitrogens is 5. The maximum absolute atomic E-state index is 12.8. The van der Waals surface area contributed by atoms with E-state index in [1.165, 1.54) is 6.33 Å². The van der Waals surface area contributed by atoms with Crippen LogP contribution < -0.4 is 5.32 Å². The van der Waals surface area contributed by atoms with Gasteiger partial charge in [-0.05, 0) is 12.0 Å². The van der Waals surface area contributed by atoms with Gasteiger partial charge in [0.2, 0.25) is 0 Å². The van der Waals surface area contributed by atoms with Gasteiger partial charge in [-0.15, -0.1) is 0 Å². The number of nitrogens with zero attached hydrogens (tertiary/aromatic N) is 6. The molecule has 0 saturated heterocycles. The summed E-state index contributed by atoms with van der Waals surface area (Å²) in [5.74, 6) is -0.423. The van der Waals surface area contributed by atoms with E-state index in [1.54, 1.807) is 33.7 Å². The van der Waals surface area contributed by atoms with Crippen molar-refractivity contribution in [1.82, 2.24) is 34.8 Å². The summed E-state index contributed by atoms with van der Waals surface area (Å²) in [5.41, 5.74) is 1.69. The normalized spacial score (nSPS) is 14.6. The van der Waals surface area contributed by atoms with Crippen molar-refractivity contribution in [3.8, 4) is 0 Å². The maximum Gasteiger partial charge on any atom is 0.272 e. The predicted molar refractivity (Wildman–Crippen MR) is 100 cm³/mol. The van der Waals surface area contributed by atoms with Gasteiger partial charge in [0.05, 0.1) is 12.6 Å². The van der Waals surface area contributed by atoms with E-state index in [-0.39, 0.29) is 23.6 Å². The number of aryl methyl sites for hydroxylation is 1. The van der Waals surface area contributed by atoms with E-state index < -0.39 is 0 Å². The zero-order valence-corrected chi connectivity index (χ0v) is 15.5. The molecule has 1 atom stereocenters. The number of benzene rings is 1. The number of likely N-dealkylation sites (N-methyl/N-ethyl adjacent to an activating group) is 1. The summed E-state index contributed by atoms with van der Waals surface area (Å²) in [6.07, 6.45) is 3.78. The molecule has 4 rings (SSSR count). The van der Waals surface area contributed by atoms with Crippen LogP contribution in [0.15, 0.2) is 49.1 Å². The maximum atomic E-state index is 12.8. The topological polar surface area (TPSA) is 97.9 Å². The summed E-state index contributed by atoms with van der Waals surface area (Å²) in [4.78, 5) is 30.7. The van der Waals surface area contributed by atoms with Crippen LogP contribution in [0.2, 0.25) is 0 Å². The van der Waals surface area contributed by atoms with Gasteiger partial charge in [-0.2, -0.15) is 10.2 Å². The molecule has 1 aliphatic rings. The number of fused-ring (bicyclic) bond motifs is 1. The lowest BCUT2D eigenvalue weighted by Gasteiger charge is -2.22. The predicted octanol–water partition coefficient (Wildman–Crippen LogP) is 1.12. The van der Waals surface area contributed by atoms with Crippen molar-refractivity contribution in [2.75, 3.05) is 13.6 Å². The van der Waals surface area contributed by atoms with Crippen molar-refractivity contribution in [3.05, 3.63) is 66.0 Å². The minimum atomic E-state index is -0.301. The second-order valence-corrected chi connectivity index (χ2v) is 6.75. The average molecular weight is 379 g/mol. The first-order chi connectivity index (χ1) is 13.6. The standard InChI is InChI=1S/C19H21N7O2/c1-24-9-10-26-17(19(24)28)11-16(23-26)18(27)22-15(14-5-3-2-4-6-14)7-8-25-13-20-12-21-25/h2-6,11-13,15H,7-10H2,1H3,(H,22,27). The zero-order chi connectivity index (χ0) is 19.5. The van der Waals surface area contributed by atoms with Crippen LogP contribution in [0.1, 0.15) is 39.0 Å². The minimum Gasteiger partial charge on any atom is -0.344 e. The fourth-order valence-corrected chi connectivity index (χ4v) is 3.26. The summed E-state index contributed by atoms with van der Waals surface area (Å²) in [7, 11) is 1.74. The first-order valence-electron chi connectivity index (χ1n) is 9.13. The average Bonchev–Trinajstić information content (AvgIpc) is 3.38. The Kier molecular flexibility index (Phi) is 4.88. The van der Waals surface area contributed by atoms with Gasteiger partial charge in [0, 0.05) is 26.2 Å². The van der Waals surface area contributed by atoms with Crippen molar-refractivity contribution in [2.24, 2.45) is 0 Å². The molecule has 2 amide bonds. The molecular formula is C19H21N7O2. The molecule has 1 N–H and O–H groups in total. The summed E-state index contributed by atoms with van der Waals surface area (Å²) in [5, 5.41) is 11.5. The summed E-state index contributed by atoms with van der Waals surface area (Å²) < 4.78 is 3.33. The number of amides is 2. The Morgan fingerprint density at radius 2 is 2.07 bits per heavy atom. The molecule has 28 heavy (non-hydrogen) atoms. The quantitative estimate of drug-likeness (QED) is 0.692. The molecule has 0 fully saturated rings. The Morgan fingerprint density at radius 1 is 1.25 bits per heavy atom. The molecule has 3 heterocycles. The van der Waals surface area contributed by atoms with E-state index in [0.29, 0.717) is 31.7 Å². The monoisotopic (exact) mass is 379 g/mol. The molecule has 144 valence electrons. The number of rotatable bonds is 6. The van der Waals surface area contributed by atoms with E-state index in [9.17, 15) is 9.59 Å². The Balaban J connectivity index is 1.52. The van der Waals surface area contributed by atoms with Crippen molar-refractivity contribution in [2.45, 2.75) is 25.6 Å². The number of hydrogen-bond donors (Lipinski definition) is 1. The van der Waals surface area contributed by atoms with E-state index in [4.69, 9.17) is 0 Å². The van der Waals surface area contributed by atoms with Gasteiger partial charge in [-0.25, -0.2) is 4.98 Å². The molecule has 1 unspecified atom stereocenters. The highest BCUT2D eigenvalue weighted by molar-refractivity contribution is 5.98. The van der Waals surface area contributed by atoms with Crippen LogP contribution >= 0.6 is 0 Å². The van der Waals surface area contributed by atoms with E-state index in [1.807, 2.05) is 30.3 Å². The van der Waals surface area contributed by atoms with Gasteiger partial charge in [0.1, 0.15) is 18.3 Å². The van der Waals surface area contributed by atoms with Gasteiger partial charge < -0.3 is 10.2 Å². The molecule has 9 heteroatoms. The third-order valence-corrected chi connectivity index (χ3v) is 4.85. The fourth-order valence-electron chi connectivity index (χ4n) is 3.26. The van der Waals surface area contributed by atoms with Crippen LogP contribution in [0.25, 0.3) is 0 Å². The highest BCUT2D eigenvalue weighted by Crippen LogP contribution is 2.19. The smallest absolute Gasteiger partial charge is 0.272 e. The lowest BCUT2D eigenvalue weighted by atomic mass is 10.0. The van der Waals surface area contributed by atoms with Gasteiger partial charge in [-0.1, -0.05) is 30.3 Å². The van der Waals surface area contributed by atoms with E-state index >= 15 is 0 Å². The van der Waals surface area contributed by atoms with Gasteiger partial charge in [-0.3, -0.25) is 19.0 Å². The summed E-state index contributed by atoms with van der Waals surface area (Å²) in [6, 6.07) is 11.1. The minimum absolute atomic E-state index is 0.122. The van der Waals surface area contributed by atoms with Gasteiger partial charge in [0.25, 0.3) is 11.8 Å². The molecule has 1 aliphatic heterocycles. The first kappa shape index (κ1) is 17.9. The van der Waals surface area contributed by atoms with Gasteiger partial charge >= 0.3 is 0 Å². The van der Waals surface area contributed by atoms with Crippen molar-refractivity contribution in [1.29, 1.82) is 0 Å². The SMILES string of the molecule is CN1CCn2nc(C(=O)NC(CCn3cncn3)c3ccccc3)cc2C1=O. The summed E-state index contributed by atoms with van der Waals surface area (Å²) in [6.45, 7) is 1.78. The molecular weight excluding hydrogens is 358 g/mol. The summed E-state index contributed by atoms with van der Waals surface area (Å²) >= 11 is 0. The largest absolute Gasteiger partial charge is 0.344 e. The second kappa shape index (κ2) is 7.63. The van der Waals surface area contributed by atoms with Crippen molar-refractivity contribution < 1.29 is 9.59 Å². The van der Waals surface area contributed by atoms with Crippen molar-refractivity contribution >= 4 is 11.8 Å². The molecule has 3 aromatic rings. The van der Waals surface area contributed by atoms with Crippen LogP contribution in [0.3, 0.4) is 0 Å². The number of carbonyl (C=O) groups is 2. The highest BCUT2D eigenvalue weighted by atomic mass is 16.2. The molecule has 0 radical (unpaired) electrons. The molecule has 0 aliphatic carbocycles. The van der Waals surface area contributed by atoms with Crippen LogP contribution in [0.4, 0.5) is 0 Å². The molecule has 2 aromatic heterocycles. The Labute approximate surface area is 162 Å². The van der Waals surface area contributed by atoms with Crippen LogP contribution in [0.5, 0.6) is 0 Å². The fraction of sp³-hybridized carbons (Fsp3) is 0.316. The number of nitrogens with one attached hydrogen (secondary N) is 1. The molecule has 0 spiro atoms.